The van der Waals surface area contributed by atoms with Crippen molar-refractivity contribution in [3.05, 3.63) is 66.7 Å². The molecule has 6 nitrogen and oxygen atoms in total. The second-order valence-corrected chi connectivity index (χ2v) is 6.41. The number of anilines is 2. The van der Waals surface area contributed by atoms with E-state index in [0.29, 0.717) is 5.69 Å². The lowest BCUT2D eigenvalue weighted by Gasteiger charge is -2.13. The minimum Gasteiger partial charge on any atom is -0.406 e. The van der Waals surface area contributed by atoms with Crippen molar-refractivity contribution in [3.63, 3.8) is 0 Å². The van der Waals surface area contributed by atoms with Crippen molar-refractivity contribution in [2.75, 3.05) is 5.32 Å². The number of nitrogens with one attached hydrogen (secondary N) is 1. The quantitative estimate of drug-likeness (QED) is 0.399. The second-order valence-electron chi connectivity index (χ2n) is 6.41. The molecule has 1 aromatic carbocycles. The molecule has 0 fully saturated rings. The van der Waals surface area contributed by atoms with Gasteiger partial charge in [-0.05, 0) is 42.5 Å². The number of aromatic nitrogens is 4. The summed E-state index contributed by atoms with van der Waals surface area (Å²) in [5.41, 5.74) is -0.206. The van der Waals surface area contributed by atoms with E-state index in [4.69, 9.17) is 0 Å². The molecular formula is C20H11F6N5O. The van der Waals surface area contributed by atoms with Crippen LogP contribution in [0.4, 0.5) is 37.8 Å². The Bertz CT molecular complexity index is 1260. The molecule has 3 heterocycles. The van der Waals surface area contributed by atoms with E-state index in [0.717, 1.165) is 18.2 Å². The molecule has 0 amide bonds. The molecule has 3 aromatic heterocycles. The fourth-order valence-electron chi connectivity index (χ4n) is 2.91. The van der Waals surface area contributed by atoms with E-state index in [1.165, 1.54) is 43.0 Å². The summed E-state index contributed by atoms with van der Waals surface area (Å²) in [5.74, 6) is -0.183. The fraction of sp³-hybridized carbons (Fsp3) is 0.100. The van der Waals surface area contributed by atoms with Crippen LogP contribution in [0.2, 0.25) is 0 Å². The van der Waals surface area contributed by atoms with Crippen LogP contribution in [0.3, 0.4) is 0 Å². The predicted molar refractivity (Wildman–Crippen MR) is 102 cm³/mol. The Morgan fingerprint density at radius 3 is 2.28 bits per heavy atom. The fourth-order valence-corrected chi connectivity index (χ4v) is 2.91. The normalized spacial score (nSPS) is 12.1. The number of rotatable bonds is 4. The number of pyridine rings is 2. The Hall–Kier alpha value is -3.96. The van der Waals surface area contributed by atoms with Crippen LogP contribution in [0, 0.1) is 0 Å². The van der Waals surface area contributed by atoms with Gasteiger partial charge in [0.2, 0.25) is 0 Å². The molecule has 0 atom stereocenters. The maximum Gasteiger partial charge on any atom is 0.573 e. The third-order valence-electron chi connectivity index (χ3n) is 4.21. The minimum absolute atomic E-state index is 0.115. The molecule has 0 aliphatic carbocycles. The van der Waals surface area contributed by atoms with Crippen LogP contribution in [0.25, 0.3) is 22.3 Å². The van der Waals surface area contributed by atoms with Crippen LogP contribution in [0.15, 0.2) is 61.2 Å². The average molecular weight is 451 g/mol. The third-order valence-corrected chi connectivity index (χ3v) is 4.21. The van der Waals surface area contributed by atoms with Gasteiger partial charge in [0.15, 0.2) is 5.82 Å². The molecule has 0 unspecified atom stereocenters. The van der Waals surface area contributed by atoms with Crippen LogP contribution < -0.4 is 10.1 Å². The highest BCUT2D eigenvalue weighted by molar-refractivity contribution is 5.89. The largest absolute Gasteiger partial charge is 0.573 e. The molecule has 4 aromatic rings. The van der Waals surface area contributed by atoms with Crippen LogP contribution in [-0.4, -0.2) is 26.3 Å². The van der Waals surface area contributed by atoms with Crippen LogP contribution >= 0.6 is 0 Å². The minimum atomic E-state index is -4.81. The van der Waals surface area contributed by atoms with Gasteiger partial charge >= 0.3 is 12.5 Å². The van der Waals surface area contributed by atoms with Crippen molar-refractivity contribution in [1.29, 1.82) is 0 Å². The molecular weight excluding hydrogens is 440 g/mol. The van der Waals surface area contributed by atoms with Crippen LogP contribution in [0.1, 0.15) is 5.56 Å². The lowest BCUT2D eigenvalue weighted by molar-refractivity contribution is -0.274. The summed E-state index contributed by atoms with van der Waals surface area (Å²) < 4.78 is 80.6. The topological polar surface area (TPSA) is 72.8 Å². The van der Waals surface area contributed by atoms with Crippen LogP contribution in [0.5, 0.6) is 5.75 Å². The molecule has 0 radical (unpaired) electrons. The third kappa shape index (κ3) is 4.68. The van der Waals surface area contributed by atoms with E-state index in [1.807, 2.05) is 0 Å². The van der Waals surface area contributed by atoms with Gasteiger partial charge in [0.05, 0.1) is 16.8 Å². The zero-order chi connectivity index (χ0) is 22.9. The average Bonchev–Trinajstić information content (AvgIpc) is 2.73. The number of alkyl halides is 6. The highest BCUT2D eigenvalue weighted by Gasteiger charge is 2.34. The maximum atomic E-state index is 13.3. The molecule has 1 N–H and O–H groups in total. The van der Waals surface area contributed by atoms with Gasteiger partial charge in [0.25, 0.3) is 0 Å². The molecule has 0 aliphatic heterocycles. The number of hydrogen-bond donors (Lipinski definition) is 1. The zero-order valence-corrected chi connectivity index (χ0v) is 15.7. The second kappa shape index (κ2) is 7.94. The summed E-state index contributed by atoms with van der Waals surface area (Å²) in [4.78, 5) is 16.1. The van der Waals surface area contributed by atoms with Crippen molar-refractivity contribution >= 4 is 22.5 Å². The number of hydrogen-bond acceptors (Lipinski definition) is 6. The van der Waals surface area contributed by atoms with E-state index in [9.17, 15) is 26.3 Å². The van der Waals surface area contributed by atoms with Crippen LogP contribution in [-0.2, 0) is 6.18 Å². The van der Waals surface area contributed by atoms with Gasteiger partial charge in [0, 0.05) is 23.6 Å². The SMILES string of the molecule is FC(F)(F)Oc1ccc(Nc2ncnc3cc(-c4ncccc4C(F)(F)F)cnc23)cc1. The summed E-state index contributed by atoms with van der Waals surface area (Å²) in [6.45, 7) is 0. The van der Waals surface area contributed by atoms with E-state index >= 15 is 0 Å². The molecule has 0 spiro atoms. The molecule has 164 valence electrons. The van der Waals surface area contributed by atoms with Crippen molar-refractivity contribution in [2.45, 2.75) is 12.5 Å². The zero-order valence-electron chi connectivity index (χ0n) is 15.7. The highest BCUT2D eigenvalue weighted by atomic mass is 19.4. The Morgan fingerprint density at radius 1 is 0.844 bits per heavy atom. The summed E-state index contributed by atoms with van der Waals surface area (Å²) >= 11 is 0. The molecule has 12 heteroatoms. The van der Waals surface area contributed by atoms with Crippen molar-refractivity contribution in [2.24, 2.45) is 0 Å². The van der Waals surface area contributed by atoms with Crippen molar-refractivity contribution in [1.82, 2.24) is 19.9 Å². The summed E-state index contributed by atoms with van der Waals surface area (Å²) in [6.07, 6.45) is -5.76. The lowest BCUT2D eigenvalue weighted by Crippen LogP contribution is -2.16. The Labute approximate surface area is 175 Å². The maximum absolute atomic E-state index is 13.3. The van der Waals surface area contributed by atoms with Crippen molar-refractivity contribution in [3.8, 4) is 17.0 Å². The first-order chi connectivity index (χ1) is 15.1. The molecule has 4 rings (SSSR count). The van der Waals surface area contributed by atoms with E-state index < -0.39 is 23.9 Å². The Kier molecular flexibility index (Phi) is 5.28. The molecule has 0 aliphatic rings. The summed E-state index contributed by atoms with van der Waals surface area (Å²) in [6, 6.07) is 8.42. The van der Waals surface area contributed by atoms with Gasteiger partial charge in [-0.1, -0.05) is 0 Å². The predicted octanol–water partition coefficient (Wildman–Crippen LogP) is 5.75. The Morgan fingerprint density at radius 2 is 1.59 bits per heavy atom. The lowest BCUT2D eigenvalue weighted by atomic mass is 10.1. The van der Waals surface area contributed by atoms with E-state index in [2.05, 4.69) is 30.0 Å². The smallest absolute Gasteiger partial charge is 0.406 e. The number of benzene rings is 1. The molecule has 0 bridgehead atoms. The van der Waals surface area contributed by atoms with Gasteiger partial charge < -0.3 is 10.1 Å². The monoisotopic (exact) mass is 451 g/mol. The summed E-state index contributed by atoms with van der Waals surface area (Å²) in [5, 5.41) is 2.89. The standard InChI is InChI=1S/C20H11F6N5O/c21-19(22,23)14-2-1-7-27-16(14)11-8-15-17(28-9-11)18(30-10-29-15)31-12-3-5-13(6-4-12)32-20(24,25)26/h1-10H,(H,29,30,31). The van der Waals surface area contributed by atoms with E-state index in [-0.39, 0.29) is 28.1 Å². The van der Waals surface area contributed by atoms with Gasteiger partial charge in [-0.15, -0.1) is 13.2 Å². The first kappa shape index (κ1) is 21.3. The van der Waals surface area contributed by atoms with Gasteiger partial charge in [-0.3, -0.25) is 4.98 Å². The number of ether oxygens (including phenoxy) is 1. The number of fused-ring (bicyclic) bond motifs is 1. The number of halogens is 6. The first-order valence-corrected chi connectivity index (χ1v) is 8.86. The first-order valence-electron chi connectivity index (χ1n) is 8.86. The highest BCUT2D eigenvalue weighted by Crippen LogP contribution is 2.36. The number of nitrogens with zero attached hydrogens (tertiary/aromatic N) is 4. The van der Waals surface area contributed by atoms with Gasteiger partial charge in [0.1, 0.15) is 17.6 Å². The van der Waals surface area contributed by atoms with Gasteiger partial charge in [-0.2, -0.15) is 13.2 Å². The van der Waals surface area contributed by atoms with Crippen molar-refractivity contribution < 1.29 is 31.1 Å². The van der Waals surface area contributed by atoms with Gasteiger partial charge in [-0.25, -0.2) is 15.0 Å². The molecule has 0 saturated heterocycles. The summed E-state index contributed by atoms with van der Waals surface area (Å²) in [7, 11) is 0. The molecule has 32 heavy (non-hydrogen) atoms. The molecule has 0 saturated carbocycles. The van der Waals surface area contributed by atoms with E-state index in [1.54, 1.807) is 0 Å². The Balaban J connectivity index is 1.65.